The third kappa shape index (κ3) is 5.62. The molecule has 1 spiro atoms. The molecule has 0 bridgehead atoms. The number of aromatic nitrogens is 2. The van der Waals surface area contributed by atoms with Gasteiger partial charge in [-0.15, -0.1) is 11.3 Å². The van der Waals surface area contributed by atoms with Gasteiger partial charge in [0.1, 0.15) is 11.6 Å². The summed E-state index contributed by atoms with van der Waals surface area (Å²) < 4.78 is 24.4. The van der Waals surface area contributed by atoms with Crippen LogP contribution in [0.2, 0.25) is 0 Å². The molecule has 3 aliphatic rings. The molecule has 11 heteroatoms. The van der Waals surface area contributed by atoms with Crippen molar-refractivity contribution in [2.75, 3.05) is 48.0 Å². The lowest BCUT2D eigenvalue weighted by Crippen LogP contribution is -2.59. The average molecular weight is 666 g/mol. The van der Waals surface area contributed by atoms with Gasteiger partial charge in [-0.05, 0) is 103 Å². The van der Waals surface area contributed by atoms with E-state index >= 15 is 0 Å². The molecule has 2 fully saturated rings. The number of aryl methyl sites for hydroxylation is 1. The number of pyridine rings is 1. The molecule has 3 aromatic heterocycles. The summed E-state index contributed by atoms with van der Waals surface area (Å²) in [6.07, 6.45) is 6.35. The molecule has 0 aliphatic carbocycles. The molecule has 2 saturated heterocycles. The molecule has 8 rings (SSSR count). The maximum absolute atomic E-state index is 14.6. The SMILES string of the molecule is Cc1cnc(N2CC3(CCOCC3)C2)c(C(=O)Nc2ccc(C(=O)N3CCc4cc(-c5cnsc5)sc4-c4ccc(F)cc43)cc2)c1. The molecule has 6 heterocycles. The summed E-state index contributed by atoms with van der Waals surface area (Å²) in [5.41, 5.74) is 6.29. The van der Waals surface area contributed by atoms with Crippen LogP contribution in [0.15, 0.2) is 72.4 Å². The summed E-state index contributed by atoms with van der Waals surface area (Å²) in [5, 5.41) is 5.02. The fraction of sp³-hybridized carbons (Fsp3) is 0.278. The normalized spacial score (nSPS) is 16.6. The summed E-state index contributed by atoms with van der Waals surface area (Å²) in [7, 11) is 0. The fourth-order valence-electron chi connectivity index (χ4n) is 6.86. The van der Waals surface area contributed by atoms with Gasteiger partial charge in [-0.1, -0.05) is 0 Å². The van der Waals surface area contributed by atoms with Gasteiger partial charge in [0.25, 0.3) is 11.8 Å². The van der Waals surface area contributed by atoms with E-state index in [1.165, 1.54) is 23.7 Å². The summed E-state index contributed by atoms with van der Waals surface area (Å²) in [5.74, 6) is -0.175. The number of carbonyl (C=O) groups is 2. The largest absolute Gasteiger partial charge is 0.381 e. The number of hydrogen-bond donors (Lipinski definition) is 1. The van der Waals surface area contributed by atoms with Gasteiger partial charge < -0.3 is 19.9 Å². The van der Waals surface area contributed by atoms with E-state index in [9.17, 15) is 14.0 Å². The number of hydrogen-bond acceptors (Lipinski definition) is 8. The second-order valence-electron chi connectivity index (χ2n) is 12.6. The van der Waals surface area contributed by atoms with Gasteiger partial charge in [0.05, 0.1) is 11.3 Å². The van der Waals surface area contributed by atoms with Gasteiger partial charge in [0.2, 0.25) is 0 Å². The monoisotopic (exact) mass is 665 g/mol. The number of fused-ring (bicyclic) bond motifs is 3. The third-order valence-corrected chi connectivity index (χ3v) is 11.3. The number of benzene rings is 2. The highest BCUT2D eigenvalue weighted by atomic mass is 32.1. The van der Waals surface area contributed by atoms with Crippen molar-refractivity contribution >= 4 is 51.9 Å². The van der Waals surface area contributed by atoms with Crippen LogP contribution in [0.5, 0.6) is 0 Å². The second kappa shape index (κ2) is 12.0. The standard InChI is InChI=1S/C36H32FN5O3S2/c1-22-14-29(33(38-17-22)41-20-36(21-41)9-12-45-13-10-36)34(43)40-27-5-2-23(3-6-27)35(44)42-11-8-24-15-31(25-18-39-46-19-25)47-32(24)28-7-4-26(37)16-30(28)42/h2-7,14-19H,8-13,20-21H2,1H3,(H,40,43). The molecule has 5 aromatic rings. The van der Waals surface area contributed by atoms with Crippen LogP contribution in [0.1, 0.15) is 44.7 Å². The van der Waals surface area contributed by atoms with Crippen molar-refractivity contribution in [1.82, 2.24) is 9.36 Å². The van der Waals surface area contributed by atoms with E-state index in [-0.39, 0.29) is 17.2 Å². The quantitative estimate of drug-likeness (QED) is 0.210. The molecule has 238 valence electrons. The van der Waals surface area contributed by atoms with Crippen LogP contribution in [0.25, 0.3) is 20.9 Å². The van der Waals surface area contributed by atoms with Gasteiger partial charge >= 0.3 is 0 Å². The van der Waals surface area contributed by atoms with E-state index in [0.29, 0.717) is 41.3 Å². The molecule has 0 saturated carbocycles. The Labute approximate surface area is 280 Å². The summed E-state index contributed by atoms with van der Waals surface area (Å²) in [6, 6.07) is 15.6. The predicted molar refractivity (Wildman–Crippen MR) is 184 cm³/mol. The molecule has 8 nitrogen and oxygen atoms in total. The molecule has 1 N–H and O–H groups in total. The molecular weight excluding hydrogens is 634 g/mol. The van der Waals surface area contributed by atoms with Gasteiger partial charge in [-0.25, -0.2) is 13.7 Å². The zero-order chi connectivity index (χ0) is 32.1. The second-order valence-corrected chi connectivity index (χ2v) is 14.3. The number of anilines is 3. The Bertz CT molecular complexity index is 1980. The van der Waals surface area contributed by atoms with Crippen LogP contribution in [0.4, 0.5) is 21.6 Å². The lowest BCUT2D eigenvalue weighted by Gasteiger charge is -2.53. The highest BCUT2D eigenvalue weighted by molar-refractivity contribution is 7.19. The van der Waals surface area contributed by atoms with Crippen molar-refractivity contribution in [1.29, 1.82) is 0 Å². The number of ether oxygens (including phenoxy) is 1. The van der Waals surface area contributed by atoms with E-state index < -0.39 is 5.82 Å². The first-order chi connectivity index (χ1) is 22.9. The molecule has 3 aliphatic heterocycles. The van der Waals surface area contributed by atoms with Crippen LogP contribution in [-0.2, 0) is 11.2 Å². The van der Waals surface area contributed by atoms with E-state index in [0.717, 1.165) is 71.2 Å². The van der Waals surface area contributed by atoms with Gasteiger partial charge in [0.15, 0.2) is 0 Å². The highest BCUT2D eigenvalue weighted by Crippen LogP contribution is 2.45. The smallest absolute Gasteiger partial charge is 0.259 e. The zero-order valence-electron chi connectivity index (χ0n) is 25.8. The van der Waals surface area contributed by atoms with Crippen molar-refractivity contribution in [2.45, 2.75) is 26.2 Å². The lowest BCUT2D eigenvalue weighted by molar-refractivity contribution is -0.000510. The molecular formula is C36H32FN5O3S2. The summed E-state index contributed by atoms with van der Waals surface area (Å²) in [6.45, 7) is 5.64. The number of thiophene rings is 1. The Morgan fingerprint density at radius 3 is 2.60 bits per heavy atom. The Morgan fingerprint density at radius 2 is 1.83 bits per heavy atom. The molecule has 0 unspecified atom stereocenters. The Morgan fingerprint density at radius 1 is 1.02 bits per heavy atom. The topological polar surface area (TPSA) is 87.7 Å². The number of rotatable bonds is 5. The minimum absolute atomic E-state index is 0.225. The van der Waals surface area contributed by atoms with E-state index in [2.05, 4.69) is 25.6 Å². The molecule has 47 heavy (non-hydrogen) atoms. The van der Waals surface area contributed by atoms with Gasteiger partial charge in [-0.2, -0.15) is 0 Å². The Kier molecular flexibility index (Phi) is 7.62. The minimum atomic E-state index is -0.395. The van der Waals surface area contributed by atoms with Crippen LogP contribution in [0.3, 0.4) is 0 Å². The van der Waals surface area contributed by atoms with Crippen LogP contribution < -0.4 is 15.1 Å². The van der Waals surface area contributed by atoms with Gasteiger partial charge in [-0.3, -0.25) is 9.59 Å². The first-order valence-corrected chi connectivity index (χ1v) is 17.4. The first kappa shape index (κ1) is 29.9. The van der Waals surface area contributed by atoms with E-state index in [1.54, 1.807) is 52.8 Å². The van der Waals surface area contributed by atoms with Crippen molar-refractivity contribution in [3.05, 3.63) is 100 Å². The maximum Gasteiger partial charge on any atom is 0.259 e. The fourth-order valence-corrected chi connectivity index (χ4v) is 8.70. The molecule has 2 aromatic carbocycles. The number of halogens is 1. The molecule has 0 radical (unpaired) electrons. The number of carbonyl (C=O) groups excluding carboxylic acids is 2. The van der Waals surface area contributed by atoms with Crippen molar-refractivity contribution in [3.8, 4) is 20.9 Å². The van der Waals surface area contributed by atoms with Crippen molar-refractivity contribution in [3.63, 3.8) is 0 Å². The summed E-state index contributed by atoms with van der Waals surface area (Å²) in [4.78, 5) is 38.1. The Hall–Kier alpha value is -4.45. The third-order valence-electron chi connectivity index (χ3n) is 9.41. The summed E-state index contributed by atoms with van der Waals surface area (Å²) >= 11 is 3.05. The predicted octanol–water partition coefficient (Wildman–Crippen LogP) is 7.45. The van der Waals surface area contributed by atoms with E-state index in [4.69, 9.17) is 4.74 Å². The molecule has 2 amide bonds. The first-order valence-electron chi connectivity index (χ1n) is 15.7. The average Bonchev–Trinajstić information content (AvgIpc) is 3.73. The molecule has 0 atom stereocenters. The van der Waals surface area contributed by atoms with Crippen LogP contribution >= 0.6 is 22.9 Å². The number of nitrogens with zero attached hydrogens (tertiary/aromatic N) is 4. The van der Waals surface area contributed by atoms with Crippen molar-refractivity contribution in [2.24, 2.45) is 5.41 Å². The maximum atomic E-state index is 14.6. The zero-order valence-corrected chi connectivity index (χ0v) is 27.4. The van der Waals surface area contributed by atoms with Crippen LogP contribution in [0, 0.1) is 18.2 Å². The number of nitrogens with one attached hydrogen (secondary N) is 1. The van der Waals surface area contributed by atoms with Gasteiger partial charge in [0, 0.05) is 88.2 Å². The van der Waals surface area contributed by atoms with Crippen LogP contribution in [-0.4, -0.2) is 54.0 Å². The van der Waals surface area contributed by atoms with Crippen molar-refractivity contribution < 1.29 is 18.7 Å². The van der Waals surface area contributed by atoms with E-state index in [1.807, 2.05) is 24.6 Å². The minimum Gasteiger partial charge on any atom is -0.381 e. The number of amides is 2. The Balaban J connectivity index is 1.01. The highest BCUT2D eigenvalue weighted by Gasteiger charge is 2.45. The lowest BCUT2D eigenvalue weighted by atomic mass is 9.73.